The van der Waals surface area contributed by atoms with E-state index in [0.717, 1.165) is 16.0 Å². The summed E-state index contributed by atoms with van der Waals surface area (Å²) < 4.78 is 11.7. The van der Waals surface area contributed by atoms with Crippen molar-refractivity contribution in [1.82, 2.24) is 0 Å². The lowest BCUT2D eigenvalue weighted by atomic mass is 9.87. The van der Waals surface area contributed by atoms with Crippen LogP contribution in [0.3, 0.4) is 0 Å². The van der Waals surface area contributed by atoms with Crippen molar-refractivity contribution >= 4 is 28.7 Å². The van der Waals surface area contributed by atoms with Gasteiger partial charge in [0.1, 0.15) is 18.3 Å². The van der Waals surface area contributed by atoms with Crippen molar-refractivity contribution in [3.05, 3.63) is 55.7 Å². The number of rotatable bonds is 3. The van der Waals surface area contributed by atoms with Crippen LogP contribution in [0.1, 0.15) is 45.1 Å². The van der Waals surface area contributed by atoms with E-state index in [4.69, 9.17) is 21.1 Å². The topological polar surface area (TPSA) is 96.2 Å². The molecule has 150 valence electrons. The Morgan fingerprint density at radius 1 is 1.29 bits per heavy atom. The molecule has 0 bridgehead atoms. The smallest absolute Gasteiger partial charge is 0.225 e. The Hall–Kier alpha value is -1.32. The van der Waals surface area contributed by atoms with Gasteiger partial charge in [-0.3, -0.25) is 4.79 Å². The van der Waals surface area contributed by atoms with E-state index in [-0.39, 0.29) is 12.4 Å². The Bertz CT molecular complexity index is 927. The number of ether oxygens (including phenoxy) is 2. The summed E-state index contributed by atoms with van der Waals surface area (Å²) in [6.07, 6.45) is -4.27. The summed E-state index contributed by atoms with van der Waals surface area (Å²) in [5, 5.41) is 31.5. The van der Waals surface area contributed by atoms with E-state index >= 15 is 0 Å². The average molecular weight is 425 g/mol. The van der Waals surface area contributed by atoms with Crippen LogP contribution in [-0.4, -0.2) is 45.5 Å². The Morgan fingerprint density at radius 2 is 2.04 bits per heavy atom. The van der Waals surface area contributed by atoms with Crippen molar-refractivity contribution < 1.29 is 29.6 Å². The molecule has 28 heavy (non-hydrogen) atoms. The molecule has 1 aromatic carbocycles. The number of halogens is 1. The number of ketones is 1. The summed E-state index contributed by atoms with van der Waals surface area (Å²) >= 11 is 7.87. The van der Waals surface area contributed by atoms with E-state index in [9.17, 15) is 20.1 Å². The number of benzene rings is 1. The monoisotopic (exact) mass is 424 g/mol. The third-order valence-electron chi connectivity index (χ3n) is 5.37. The zero-order valence-corrected chi connectivity index (χ0v) is 17.0. The van der Waals surface area contributed by atoms with Gasteiger partial charge in [-0.25, -0.2) is 0 Å². The summed E-state index contributed by atoms with van der Waals surface area (Å²) in [5.74, 6) is -1.53. The summed E-state index contributed by atoms with van der Waals surface area (Å²) in [6.45, 7) is 3.33. The van der Waals surface area contributed by atoms with Gasteiger partial charge in [0.25, 0.3) is 0 Å². The molecule has 1 fully saturated rings. The zero-order valence-electron chi connectivity index (χ0n) is 15.4. The minimum absolute atomic E-state index is 0.0175. The second kappa shape index (κ2) is 7.18. The van der Waals surface area contributed by atoms with Crippen LogP contribution in [-0.2, 0) is 28.3 Å². The predicted molar refractivity (Wildman–Crippen MR) is 104 cm³/mol. The molecular weight excluding hydrogens is 404 g/mol. The fraction of sp³-hybridized carbons (Fsp3) is 0.450. The lowest BCUT2D eigenvalue weighted by molar-refractivity contribution is -0.362. The van der Waals surface area contributed by atoms with E-state index in [1.165, 1.54) is 18.3 Å². The maximum atomic E-state index is 11.5. The average Bonchev–Trinajstić information content (AvgIpc) is 3.25. The van der Waals surface area contributed by atoms with Gasteiger partial charge in [0.2, 0.25) is 5.79 Å². The zero-order chi connectivity index (χ0) is 20.2. The molecule has 6 nitrogen and oxygen atoms in total. The van der Waals surface area contributed by atoms with E-state index in [1.54, 1.807) is 19.1 Å². The largest absolute Gasteiger partial charge is 0.388 e. The summed E-state index contributed by atoms with van der Waals surface area (Å²) in [7, 11) is 0. The number of carbonyl (C=O) groups is 1. The molecule has 2 aliphatic rings. The molecule has 2 aromatic rings. The molecule has 8 heteroatoms. The first-order chi connectivity index (χ1) is 13.2. The number of hydrogen-bond donors (Lipinski definition) is 3. The van der Waals surface area contributed by atoms with Gasteiger partial charge in [-0.1, -0.05) is 11.6 Å². The minimum Gasteiger partial charge on any atom is -0.388 e. The molecule has 4 rings (SSSR count). The highest BCUT2D eigenvalue weighted by Crippen LogP contribution is 2.47. The van der Waals surface area contributed by atoms with Gasteiger partial charge in [-0.2, -0.15) is 0 Å². The minimum atomic E-state index is -1.55. The quantitative estimate of drug-likeness (QED) is 0.655. The molecule has 1 aromatic heterocycles. The first-order valence-electron chi connectivity index (χ1n) is 9.00. The second-order valence-electron chi connectivity index (χ2n) is 7.30. The Labute approximate surface area is 171 Å². The normalized spacial score (nSPS) is 31.9. The highest BCUT2D eigenvalue weighted by atomic mass is 35.5. The molecule has 0 saturated carbocycles. The van der Waals surface area contributed by atoms with Gasteiger partial charge in [-0.05, 0) is 49.2 Å². The van der Waals surface area contributed by atoms with Crippen LogP contribution in [0.2, 0.25) is 5.02 Å². The predicted octanol–water partition coefficient (Wildman–Crippen LogP) is 2.38. The van der Waals surface area contributed by atoms with Crippen molar-refractivity contribution in [2.45, 2.75) is 57.1 Å². The molecule has 0 unspecified atom stereocenters. The van der Waals surface area contributed by atoms with Gasteiger partial charge in [0, 0.05) is 21.9 Å². The van der Waals surface area contributed by atoms with E-state index in [0.29, 0.717) is 21.9 Å². The van der Waals surface area contributed by atoms with Crippen molar-refractivity contribution in [3.8, 4) is 0 Å². The van der Waals surface area contributed by atoms with E-state index < -0.39 is 30.2 Å². The van der Waals surface area contributed by atoms with Crippen molar-refractivity contribution in [1.29, 1.82) is 0 Å². The maximum Gasteiger partial charge on any atom is 0.225 e. The number of aliphatic hydroxyl groups is 3. The van der Waals surface area contributed by atoms with Crippen molar-refractivity contribution in [2.24, 2.45) is 0 Å². The standard InChI is InChI=1S/C20H21ClO6S/c1-9(22)16-4-3-13(28-16)5-11-6-14-12(7-15(11)21)8-26-20(14)19(25)18(24)17(23)10(2)27-20/h3-4,6-7,10,17-19,23-25H,5,8H2,1-2H3/t10-,17-,18+,19-,20+/m1/s1. The molecule has 1 spiro atoms. The van der Waals surface area contributed by atoms with Crippen LogP contribution >= 0.6 is 22.9 Å². The fourth-order valence-corrected chi connectivity index (χ4v) is 4.98. The van der Waals surface area contributed by atoms with Crippen LogP contribution in [0.25, 0.3) is 0 Å². The molecule has 0 amide bonds. The van der Waals surface area contributed by atoms with Crippen LogP contribution in [0.4, 0.5) is 0 Å². The number of thiophene rings is 1. The molecule has 1 saturated heterocycles. The highest BCUT2D eigenvalue weighted by Gasteiger charge is 2.57. The molecule has 2 aliphatic heterocycles. The van der Waals surface area contributed by atoms with Crippen LogP contribution in [0, 0.1) is 0 Å². The van der Waals surface area contributed by atoms with E-state index in [1.807, 2.05) is 12.1 Å². The number of carbonyl (C=O) groups excluding carboxylic acids is 1. The molecule has 0 aliphatic carbocycles. The number of hydrogen-bond acceptors (Lipinski definition) is 7. The Balaban J connectivity index is 1.71. The van der Waals surface area contributed by atoms with Crippen molar-refractivity contribution in [2.75, 3.05) is 0 Å². The third-order valence-corrected chi connectivity index (χ3v) is 6.91. The lowest BCUT2D eigenvalue weighted by Crippen LogP contribution is -2.62. The van der Waals surface area contributed by atoms with Gasteiger partial charge >= 0.3 is 0 Å². The molecular formula is C20H21ClO6S. The summed E-state index contributed by atoms with van der Waals surface area (Å²) in [4.78, 5) is 13.2. The van der Waals surface area contributed by atoms with Crippen molar-refractivity contribution in [3.63, 3.8) is 0 Å². The van der Waals surface area contributed by atoms with Gasteiger partial charge in [-0.15, -0.1) is 11.3 Å². The van der Waals surface area contributed by atoms with Gasteiger partial charge in [0.15, 0.2) is 5.78 Å². The SMILES string of the molecule is CC(=O)c1ccc(Cc2cc3c(cc2Cl)CO[C@]32O[C@H](C)[C@@H](O)[C@H](O)[C@H]2O)s1. The Kier molecular flexibility index (Phi) is 5.12. The molecule has 3 N–H and O–H groups in total. The van der Waals surface area contributed by atoms with Gasteiger partial charge < -0.3 is 24.8 Å². The van der Waals surface area contributed by atoms with E-state index in [2.05, 4.69) is 0 Å². The summed E-state index contributed by atoms with van der Waals surface area (Å²) in [5.41, 5.74) is 2.16. The first kappa shape index (κ1) is 20.0. The maximum absolute atomic E-state index is 11.5. The Morgan fingerprint density at radius 3 is 2.71 bits per heavy atom. The number of Topliss-reactive ketones (excluding diaryl/α,β-unsaturated/α-hetero) is 1. The molecule has 0 radical (unpaired) electrons. The lowest BCUT2D eigenvalue weighted by Gasteiger charge is -2.45. The van der Waals surface area contributed by atoms with Crippen LogP contribution < -0.4 is 0 Å². The fourth-order valence-electron chi connectivity index (χ4n) is 3.80. The first-order valence-corrected chi connectivity index (χ1v) is 10.2. The second-order valence-corrected chi connectivity index (χ2v) is 8.88. The molecule has 3 heterocycles. The highest BCUT2D eigenvalue weighted by molar-refractivity contribution is 7.14. The number of fused-ring (bicyclic) bond motifs is 2. The summed E-state index contributed by atoms with van der Waals surface area (Å²) in [6, 6.07) is 7.28. The van der Waals surface area contributed by atoms with Crippen LogP contribution in [0.15, 0.2) is 24.3 Å². The van der Waals surface area contributed by atoms with Crippen LogP contribution in [0.5, 0.6) is 0 Å². The molecule has 5 atom stereocenters. The number of aliphatic hydroxyl groups excluding tert-OH is 3. The third kappa shape index (κ3) is 3.11. The van der Waals surface area contributed by atoms with Gasteiger partial charge in [0.05, 0.1) is 17.6 Å².